The molecule has 1 heterocycles. The van der Waals surface area contributed by atoms with Crippen molar-refractivity contribution in [1.82, 2.24) is 0 Å². The molecule has 3 N–H and O–H groups in total. The highest BCUT2D eigenvalue weighted by molar-refractivity contribution is 7.85. The molecule has 5 nitrogen and oxygen atoms in total. The van der Waals surface area contributed by atoms with Gasteiger partial charge < -0.3 is 15.8 Å². The first-order chi connectivity index (χ1) is 9.69. The first-order valence-corrected chi connectivity index (χ1v) is 8.22. The van der Waals surface area contributed by atoms with Gasteiger partial charge in [-0.1, -0.05) is 18.2 Å². The van der Waals surface area contributed by atoms with Crippen LogP contribution in [0, 0.1) is 0 Å². The maximum absolute atomic E-state index is 11.9. The van der Waals surface area contributed by atoms with Crippen molar-refractivity contribution in [1.29, 1.82) is 0 Å². The molecule has 1 fully saturated rings. The lowest BCUT2D eigenvalue weighted by atomic mass is 10.2. The maximum Gasteiger partial charge on any atom is 0.237 e. The first kappa shape index (κ1) is 15.2. The van der Waals surface area contributed by atoms with Crippen molar-refractivity contribution in [2.75, 3.05) is 23.4 Å². The van der Waals surface area contributed by atoms with E-state index in [0.717, 1.165) is 25.0 Å². The number of benzene rings is 1. The third kappa shape index (κ3) is 4.40. The average molecular weight is 296 g/mol. The van der Waals surface area contributed by atoms with Crippen molar-refractivity contribution in [3.8, 4) is 0 Å². The molecule has 1 aromatic carbocycles. The van der Waals surface area contributed by atoms with E-state index >= 15 is 0 Å². The van der Waals surface area contributed by atoms with Crippen molar-refractivity contribution in [2.45, 2.75) is 25.5 Å². The molecule has 20 heavy (non-hydrogen) atoms. The smallest absolute Gasteiger partial charge is 0.237 e. The van der Waals surface area contributed by atoms with Gasteiger partial charge in [-0.05, 0) is 24.5 Å². The van der Waals surface area contributed by atoms with Gasteiger partial charge in [0.25, 0.3) is 0 Å². The molecule has 0 spiro atoms. The molecule has 1 aromatic rings. The highest BCUT2D eigenvalue weighted by Crippen LogP contribution is 2.15. The molecule has 0 aromatic heterocycles. The summed E-state index contributed by atoms with van der Waals surface area (Å²) in [4.78, 5) is 11.9. The van der Waals surface area contributed by atoms with Gasteiger partial charge in [0.05, 0.1) is 11.9 Å². The highest BCUT2D eigenvalue weighted by Gasteiger charge is 2.19. The van der Waals surface area contributed by atoms with Crippen LogP contribution in [0.2, 0.25) is 0 Å². The molecule has 2 unspecified atom stereocenters. The van der Waals surface area contributed by atoms with Gasteiger partial charge >= 0.3 is 0 Å². The van der Waals surface area contributed by atoms with E-state index in [1.807, 2.05) is 18.2 Å². The minimum atomic E-state index is -1.19. The number of ether oxygens (including phenoxy) is 1. The Morgan fingerprint density at radius 1 is 1.45 bits per heavy atom. The number of nitrogens with one attached hydrogen (secondary N) is 1. The number of rotatable bonds is 6. The number of carbonyl (C=O) groups excluding carboxylic acids is 1. The summed E-state index contributed by atoms with van der Waals surface area (Å²) in [6, 6.07) is 7.35. The lowest BCUT2D eigenvalue weighted by Crippen LogP contribution is -2.25. The molecule has 1 saturated heterocycles. The van der Waals surface area contributed by atoms with Gasteiger partial charge in [-0.2, -0.15) is 0 Å². The molecule has 2 atom stereocenters. The lowest BCUT2D eigenvalue weighted by molar-refractivity contribution is -0.113. The van der Waals surface area contributed by atoms with Gasteiger partial charge in [0.2, 0.25) is 5.91 Å². The third-order valence-corrected chi connectivity index (χ3v) is 4.53. The zero-order chi connectivity index (χ0) is 14.4. The van der Waals surface area contributed by atoms with Crippen LogP contribution in [0.1, 0.15) is 18.4 Å². The van der Waals surface area contributed by atoms with Crippen LogP contribution in [0.5, 0.6) is 0 Å². The normalized spacial score (nSPS) is 19.8. The quantitative estimate of drug-likeness (QED) is 0.821. The van der Waals surface area contributed by atoms with Crippen LogP contribution in [0.3, 0.4) is 0 Å². The zero-order valence-corrected chi connectivity index (χ0v) is 12.2. The average Bonchev–Trinajstić information content (AvgIpc) is 2.91. The molecule has 0 bridgehead atoms. The minimum Gasteiger partial charge on any atom is -0.377 e. The van der Waals surface area contributed by atoms with E-state index in [4.69, 9.17) is 10.5 Å². The number of hydrogen-bond donors (Lipinski definition) is 2. The summed E-state index contributed by atoms with van der Waals surface area (Å²) >= 11 is 0. The Labute approximate surface area is 121 Å². The molecule has 1 aliphatic heterocycles. The monoisotopic (exact) mass is 296 g/mol. The molecule has 1 amide bonds. The number of para-hydroxylation sites is 1. The van der Waals surface area contributed by atoms with E-state index in [2.05, 4.69) is 5.32 Å². The van der Waals surface area contributed by atoms with Crippen molar-refractivity contribution in [3.05, 3.63) is 29.8 Å². The molecular weight excluding hydrogens is 276 g/mol. The molecule has 1 aliphatic rings. The fourth-order valence-corrected chi connectivity index (χ4v) is 3.35. The van der Waals surface area contributed by atoms with E-state index in [-0.39, 0.29) is 17.8 Å². The summed E-state index contributed by atoms with van der Waals surface area (Å²) in [5.41, 5.74) is 7.16. The summed E-state index contributed by atoms with van der Waals surface area (Å²) in [6.07, 6.45) is 1.99. The Balaban J connectivity index is 1.83. The number of amides is 1. The molecule has 0 radical (unpaired) electrons. The molecule has 0 saturated carbocycles. The number of carbonyl (C=O) groups is 1. The van der Waals surface area contributed by atoms with Gasteiger partial charge in [-0.25, -0.2) is 0 Å². The SMILES string of the molecule is NCc1ccccc1NC(=O)CS(=O)CC1CCCO1. The third-order valence-electron chi connectivity index (χ3n) is 3.20. The largest absolute Gasteiger partial charge is 0.377 e. The van der Waals surface area contributed by atoms with E-state index < -0.39 is 10.8 Å². The summed E-state index contributed by atoms with van der Waals surface area (Å²) in [5.74, 6) is 0.187. The molecule has 6 heteroatoms. The second kappa shape index (κ2) is 7.52. The Hall–Kier alpha value is -1.24. The van der Waals surface area contributed by atoms with Crippen molar-refractivity contribution < 1.29 is 13.7 Å². The standard InChI is InChI=1S/C14H20N2O3S/c15-8-11-4-1-2-6-13(11)16-14(17)10-20(18)9-12-5-3-7-19-12/h1-2,4,6,12H,3,5,7-10,15H2,(H,16,17). The molecular formula is C14H20N2O3S. The number of anilines is 1. The molecule has 0 aliphatic carbocycles. The predicted octanol–water partition coefficient (Wildman–Crippen LogP) is 1.01. The Morgan fingerprint density at radius 2 is 2.25 bits per heavy atom. The van der Waals surface area contributed by atoms with Gasteiger partial charge in [-0.15, -0.1) is 0 Å². The van der Waals surface area contributed by atoms with Crippen molar-refractivity contribution >= 4 is 22.4 Å². The van der Waals surface area contributed by atoms with Gasteiger partial charge in [0, 0.05) is 29.6 Å². The Morgan fingerprint density at radius 3 is 2.95 bits per heavy atom. The zero-order valence-electron chi connectivity index (χ0n) is 11.3. The van der Waals surface area contributed by atoms with Gasteiger partial charge in [0.15, 0.2) is 0 Å². The van der Waals surface area contributed by atoms with Crippen LogP contribution < -0.4 is 11.1 Å². The van der Waals surface area contributed by atoms with Gasteiger partial charge in [-0.3, -0.25) is 9.00 Å². The lowest BCUT2D eigenvalue weighted by Gasteiger charge is -2.11. The van der Waals surface area contributed by atoms with Crippen LogP contribution in [-0.2, 0) is 26.9 Å². The summed E-state index contributed by atoms with van der Waals surface area (Å²) < 4.78 is 17.3. The molecule has 2 rings (SSSR count). The van der Waals surface area contributed by atoms with Crippen molar-refractivity contribution in [2.24, 2.45) is 5.73 Å². The maximum atomic E-state index is 11.9. The van der Waals surface area contributed by atoms with Crippen LogP contribution in [0.25, 0.3) is 0 Å². The Kier molecular flexibility index (Phi) is 5.70. The first-order valence-electron chi connectivity index (χ1n) is 6.73. The summed E-state index contributed by atoms with van der Waals surface area (Å²) in [6.45, 7) is 1.09. The number of hydrogen-bond acceptors (Lipinski definition) is 4. The second-order valence-electron chi connectivity index (χ2n) is 4.80. The highest BCUT2D eigenvalue weighted by atomic mass is 32.2. The minimum absolute atomic E-state index is 0.00122. The summed E-state index contributed by atoms with van der Waals surface area (Å²) in [7, 11) is -1.19. The second-order valence-corrected chi connectivity index (χ2v) is 6.30. The summed E-state index contributed by atoms with van der Waals surface area (Å²) in [5, 5.41) is 2.76. The fourth-order valence-electron chi connectivity index (χ4n) is 2.19. The van der Waals surface area contributed by atoms with Crippen molar-refractivity contribution in [3.63, 3.8) is 0 Å². The Bertz CT molecular complexity index is 487. The van der Waals surface area contributed by atoms with E-state index in [1.165, 1.54) is 0 Å². The van der Waals surface area contributed by atoms with Crippen LogP contribution in [0.4, 0.5) is 5.69 Å². The predicted molar refractivity (Wildman–Crippen MR) is 79.8 cm³/mol. The van der Waals surface area contributed by atoms with E-state index in [0.29, 0.717) is 18.0 Å². The van der Waals surface area contributed by atoms with Crippen LogP contribution in [-0.4, -0.2) is 34.3 Å². The number of nitrogens with two attached hydrogens (primary N) is 1. The molecule has 110 valence electrons. The van der Waals surface area contributed by atoms with E-state index in [1.54, 1.807) is 6.07 Å². The fraction of sp³-hybridized carbons (Fsp3) is 0.500. The topological polar surface area (TPSA) is 81.4 Å². The van der Waals surface area contributed by atoms with Gasteiger partial charge in [0.1, 0.15) is 5.75 Å². The van der Waals surface area contributed by atoms with E-state index in [9.17, 15) is 9.00 Å². The van der Waals surface area contributed by atoms with Crippen LogP contribution in [0.15, 0.2) is 24.3 Å². The van der Waals surface area contributed by atoms with Crippen LogP contribution >= 0.6 is 0 Å².